The van der Waals surface area contributed by atoms with Gasteiger partial charge in [0, 0.05) is 5.56 Å². The maximum atomic E-state index is 12.5. The van der Waals surface area contributed by atoms with Gasteiger partial charge in [-0.1, -0.05) is 48.5 Å². The molecule has 0 aliphatic heterocycles. The Morgan fingerprint density at radius 1 is 0.857 bits per heavy atom. The van der Waals surface area contributed by atoms with Crippen molar-refractivity contribution in [3.05, 3.63) is 90.6 Å². The highest BCUT2D eigenvalue weighted by Gasteiger charge is 2.19. The summed E-state index contributed by atoms with van der Waals surface area (Å²) in [7, 11) is 0. The Morgan fingerprint density at radius 2 is 1.54 bits per heavy atom. The number of amides is 2. The van der Waals surface area contributed by atoms with E-state index in [2.05, 4.69) is 20.9 Å². The number of carbonyl (C=O) groups excluding carboxylic acids is 2. The molecule has 2 N–H and O–H groups in total. The number of benzene rings is 2. The molecule has 0 aliphatic carbocycles. The van der Waals surface area contributed by atoms with Gasteiger partial charge in [-0.25, -0.2) is 9.67 Å². The Labute approximate surface area is 159 Å². The highest BCUT2D eigenvalue weighted by atomic mass is 16.3. The fourth-order valence-corrected chi connectivity index (χ4v) is 2.57. The molecule has 0 saturated heterocycles. The number of carbonyl (C=O) groups is 2. The van der Waals surface area contributed by atoms with Crippen LogP contribution in [0.1, 0.15) is 21.0 Å². The molecular formula is C20H15N5O3. The first-order chi connectivity index (χ1) is 13.7. The zero-order chi connectivity index (χ0) is 19.3. The Morgan fingerprint density at radius 3 is 2.21 bits per heavy atom. The number of rotatable bonds is 4. The Balaban J connectivity index is 1.62. The zero-order valence-corrected chi connectivity index (χ0v) is 14.6. The van der Waals surface area contributed by atoms with Gasteiger partial charge in [-0.05, 0) is 18.2 Å². The van der Waals surface area contributed by atoms with Crippen LogP contribution >= 0.6 is 0 Å². The van der Waals surface area contributed by atoms with Crippen LogP contribution in [-0.4, -0.2) is 26.6 Å². The van der Waals surface area contributed by atoms with Crippen molar-refractivity contribution in [1.29, 1.82) is 0 Å². The van der Waals surface area contributed by atoms with E-state index in [1.54, 1.807) is 4.68 Å². The summed E-state index contributed by atoms with van der Waals surface area (Å²) in [5.41, 5.74) is 6.47. The van der Waals surface area contributed by atoms with Crippen LogP contribution in [0.4, 0.5) is 0 Å². The highest BCUT2D eigenvalue weighted by Crippen LogP contribution is 2.20. The topological polar surface area (TPSA) is 102 Å². The summed E-state index contributed by atoms with van der Waals surface area (Å²) in [6.07, 6.45) is 2.64. The zero-order valence-electron chi connectivity index (χ0n) is 14.6. The molecule has 8 nitrogen and oxygen atoms in total. The molecule has 0 saturated carbocycles. The van der Waals surface area contributed by atoms with Gasteiger partial charge in [0.2, 0.25) is 5.82 Å². The normalized spacial score (nSPS) is 10.4. The lowest BCUT2D eigenvalue weighted by Crippen LogP contribution is -2.42. The van der Waals surface area contributed by atoms with Crippen LogP contribution in [0, 0.1) is 0 Å². The lowest BCUT2D eigenvalue weighted by atomic mass is 10.2. The number of nitrogens with zero attached hydrogens (tertiary/aromatic N) is 3. The second-order valence-corrected chi connectivity index (χ2v) is 5.79. The van der Waals surface area contributed by atoms with Gasteiger partial charge in [0.05, 0.1) is 17.5 Å². The molecule has 0 fully saturated rings. The van der Waals surface area contributed by atoms with Crippen molar-refractivity contribution in [2.24, 2.45) is 0 Å². The van der Waals surface area contributed by atoms with E-state index < -0.39 is 11.8 Å². The summed E-state index contributed by atoms with van der Waals surface area (Å²) in [4.78, 5) is 28.8. The average Bonchev–Trinajstić information content (AvgIpc) is 3.43. The fourth-order valence-electron chi connectivity index (χ4n) is 2.57. The average molecular weight is 373 g/mol. The first kappa shape index (κ1) is 17.2. The van der Waals surface area contributed by atoms with Gasteiger partial charge in [0.1, 0.15) is 6.26 Å². The largest absolute Gasteiger partial charge is 0.472 e. The molecule has 2 amide bonds. The summed E-state index contributed by atoms with van der Waals surface area (Å²) in [5, 5.41) is 4.32. The van der Waals surface area contributed by atoms with Crippen molar-refractivity contribution in [3.8, 4) is 17.1 Å². The Kier molecular flexibility index (Phi) is 4.67. The molecule has 8 heteroatoms. The summed E-state index contributed by atoms with van der Waals surface area (Å²) in [6.45, 7) is 0. The SMILES string of the molecule is O=C(NNC(=O)c1nc(-c2ccccc2)n(-c2ccccc2)n1)c1ccoc1. The number of hydrazine groups is 1. The quantitative estimate of drug-likeness (QED) is 0.536. The van der Waals surface area contributed by atoms with Gasteiger partial charge in [-0.3, -0.25) is 20.4 Å². The second-order valence-electron chi connectivity index (χ2n) is 5.79. The fraction of sp³-hybridized carbons (Fsp3) is 0. The summed E-state index contributed by atoms with van der Waals surface area (Å²) < 4.78 is 6.43. The number of para-hydroxylation sites is 1. The smallest absolute Gasteiger partial charge is 0.309 e. The second kappa shape index (κ2) is 7.58. The van der Waals surface area contributed by atoms with E-state index in [0.29, 0.717) is 5.82 Å². The molecule has 0 bridgehead atoms. The first-order valence-electron chi connectivity index (χ1n) is 8.43. The molecule has 0 aliphatic rings. The molecule has 0 unspecified atom stereocenters. The first-order valence-corrected chi connectivity index (χ1v) is 8.43. The van der Waals surface area contributed by atoms with Crippen molar-refractivity contribution in [3.63, 3.8) is 0 Å². The number of nitrogens with one attached hydrogen (secondary N) is 2. The summed E-state index contributed by atoms with van der Waals surface area (Å²) in [5.74, 6) is -0.704. The van der Waals surface area contributed by atoms with Crippen LogP contribution in [0.2, 0.25) is 0 Å². The van der Waals surface area contributed by atoms with Gasteiger partial charge >= 0.3 is 5.91 Å². The molecule has 4 rings (SSSR count). The van der Waals surface area contributed by atoms with Crippen molar-refractivity contribution in [2.75, 3.05) is 0 Å². The Hall–Kier alpha value is -4.20. The van der Waals surface area contributed by atoms with Gasteiger partial charge in [0.15, 0.2) is 5.82 Å². The van der Waals surface area contributed by atoms with E-state index in [1.165, 1.54) is 18.6 Å². The summed E-state index contributed by atoms with van der Waals surface area (Å²) >= 11 is 0. The summed E-state index contributed by atoms with van der Waals surface area (Å²) in [6, 6.07) is 20.3. The van der Waals surface area contributed by atoms with Crippen LogP contribution in [0.15, 0.2) is 83.7 Å². The lowest BCUT2D eigenvalue weighted by Gasteiger charge is -2.05. The van der Waals surface area contributed by atoms with Crippen LogP contribution in [-0.2, 0) is 0 Å². The molecule has 0 spiro atoms. The van der Waals surface area contributed by atoms with Gasteiger partial charge in [-0.2, -0.15) is 0 Å². The van der Waals surface area contributed by atoms with E-state index in [0.717, 1.165) is 11.3 Å². The third kappa shape index (κ3) is 3.51. The van der Waals surface area contributed by atoms with Crippen LogP contribution in [0.25, 0.3) is 17.1 Å². The van der Waals surface area contributed by atoms with E-state index in [-0.39, 0.29) is 11.4 Å². The maximum absolute atomic E-state index is 12.5. The number of aromatic nitrogens is 3. The van der Waals surface area contributed by atoms with Crippen molar-refractivity contribution in [1.82, 2.24) is 25.6 Å². The third-order valence-electron chi connectivity index (χ3n) is 3.92. The van der Waals surface area contributed by atoms with E-state index >= 15 is 0 Å². The van der Waals surface area contributed by atoms with Crippen molar-refractivity contribution < 1.29 is 14.0 Å². The van der Waals surface area contributed by atoms with Crippen LogP contribution < -0.4 is 10.9 Å². The molecule has 0 atom stereocenters. The standard InChI is InChI=1S/C20H15N5O3/c26-19(15-11-12-28-13-15)22-23-20(27)17-21-18(14-7-3-1-4-8-14)25(24-17)16-9-5-2-6-10-16/h1-13H,(H,22,26)(H,23,27). The third-order valence-corrected chi connectivity index (χ3v) is 3.92. The van der Waals surface area contributed by atoms with Crippen molar-refractivity contribution in [2.45, 2.75) is 0 Å². The molecule has 0 radical (unpaired) electrons. The molecule has 2 heterocycles. The minimum Gasteiger partial charge on any atom is -0.472 e. The predicted molar refractivity (Wildman–Crippen MR) is 100 cm³/mol. The molecule has 2 aromatic heterocycles. The lowest BCUT2D eigenvalue weighted by molar-refractivity contribution is 0.0840. The van der Waals surface area contributed by atoms with Crippen LogP contribution in [0.3, 0.4) is 0 Å². The van der Waals surface area contributed by atoms with E-state index in [4.69, 9.17) is 4.42 Å². The number of furan rings is 1. The monoisotopic (exact) mass is 373 g/mol. The highest BCUT2D eigenvalue weighted by molar-refractivity contribution is 5.97. The number of hydrogen-bond donors (Lipinski definition) is 2. The molecule has 4 aromatic rings. The minimum absolute atomic E-state index is 0.0739. The minimum atomic E-state index is -0.635. The maximum Gasteiger partial charge on any atom is 0.309 e. The molecule has 2 aromatic carbocycles. The van der Waals surface area contributed by atoms with Gasteiger partial charge in [0.25, 0.3) is 5.91 Å². The van der Waals surface area contributed by atoms with E-state index in [1.807, 2.05) is 60.7 Å². The predicted octanol–water partition coefficient (Wildman–Crippen LogP) is 2.60. The Bertz CT molecular complexity index is 1030. The molecule has 138 valence electrons. The van der Waals surface area contributed by atoms with Crippen LogP contribution in [0.5, 0.6) is 0 Å². The molecule has 28 heavy (non-hydrogen) atoms. The molecular weight excluding hydrogens is 358 g/mol. The number of hydrogen-bond acceptors (Lipinski definition) is 5. The van der Waals surface area contributed by atoms with Crippen molar-refractivity contribution >= 4 is 11.8 Å². The van der Waals surface area contributed by atoms with Gasteiger partial charge in [-0.15, -0.1) is 5.10 Å². The van der Waals surface area contributed by atoms with Gasteiger partial charge < -0.3 is 4.42 Å². The van der Waals surface area contributed by atoms with E-state index in [9.17, 15) is 9.59 Å².